The fraction of sp³-hybridized carbons (Fsp3) is 0.250. The van der Waals surface area contributed by atoms with E-state index in [-0.39, 0.29) is 0 Å². The van der Waals surface area contributed by atoms with Crippen LogP contribution in [0.1, 0.15) is 18.2 Å². The fourth-order valence-electron chi connectivity index (χ4n) is 2.46. The van der Waals surface area contributed by atoms with Gasteiger partial charge in [0.05, 0.1) is 17.4 Å². The lowest BCUT2D eigenvalue weighted by Gasteiger charge is -2.11. The zero-order chi connectivity index (χ0) is 13.1. The molecule has 3 rings (SSSR count). The summed E-state index contributed by atoms with van der Waals surface area (Å²) in [4.78, 5) is 11.8. The van der Waals surface area contributed by atoms with Gasteiger partial charge in [0.2, 0.25) is 0 Å². The van der Waals surface area contributed by atoms with Crippen LogP contribution in [0.15, 0.2) is 48.9 Å². The molecule has 1 atom stereocenters. The highest BCUT2D eigenvalue weighted by Crippen LogP contribution is 2.17. The molecule has 1 unspecified atom stereocenters. The minimum Gasteiger partial charge on any atom is -0.345 e. The highest BCUT2D eigenvalue weighted by molar-refractivity contribution is 5.75. The molecule has 3 heteroatoms. The summed E-state index contributed by atoms with van der Waals surface area (Å²) in [7, 11) is 0. The molecule has 0 saturated carbocycles. The maximum atomic E-state index is 4.39. The Labute approximate surface area is 112 Å². The van der Waals surface area contributed by atoms with Gasteiger partial charge < -0.3 is 4.98 Å². The number of aromatic nitrogens is 3. The van der Waals surface area contributed by atoms with Gasteiger partial charge in [-0.25, -0.2) is 4.98 Å². The molecular weight excluding hydrogens is 234 g/mol. The Hall–Kier alpha value is -2.16. The van der Waals surface area contributed by atoms with Crippen molar-refractivity contribution in [2.24, 2.45) is 5.92 Å². The third-order valence-corrected chi connectivity index (χ3v) is 3.35. The Morgan fingerprint density at radius 1 is 1.11 bits per heavy atom. The van der Waals surface area contributed by atoms with Crippen LogP contribution in [0.4, 0.5) is 0 Å². The number of benzene rings is 1. The number of imidazole rings is 1. The smallest absolute Gasteiger partial charge is 0.0931 e. The van der Waals surface area contributed by atoms with Gasteiger partial charge in [-0.05, 0) is 48.6 Å². The van der Waals surface area contributed by atoms with E-state index in [1.54, 1.807) is 6.33 Å². The number of H-pyrrole nitrogens is 1. The molecule has 0 radical (unpaired) electrons. The second kappa shape index (κ2) is 5.22. The van der Waals surface area contributed by atoms with Crippen LogP contribution in [-0.4, -0.2) is 15.0 Å². The lowest BCUT2D eigenvalue weighted by atomic mass is 9.96. The highest BCUT2D eigenvalue weighted by atomic mass is 14.9. The van der Waals surface area contributed by atoms with Crippen LogP contribution < -0.4 is 0 Å². The van der Waals surface area contributed by atoms with Crippen molar-refractivity contribution in [3.8, 4) is 0 Å². The van der Waals surface area contributed by atoms with Crippen LogP contribution in [0.5, 0.6) is 0 Å². The van der Waals surface area contributed by atoms with E-state index < -0.39 is 0 Å². The fourth-order valence-corrected chi connectivity index (χ4v) is 2.46. The molecule has 0 saturated heterocycles. The molecule has 0 aliphatic carbocycles. The molecule has 1 aromatic carbocycles. The number of aromatic amines is 1. The van der Waals surface area contributed by atoms with Crippen LogP contribution >= 0.6 is 0 Å². The van der Waals surface area contributed by atoms with E-state index in [4.69, 9.17) is 0 Å². The Kier molecular flexibility index (Phi) is 3.27. The van der Waals surface area contributed by atoms with Crippen molar-refractivity contribution in [3.63, 3.8) is 0 Å². The zero-order valence-corrected chi connectivity index (χ0v) is 11.0. The molecule has 1 N–H and O–H groups in total. The van der Waals surface area contributed by atoms with Crippen molar-refractivity contribution < 1.29 is 0 Å². The monoisotopic (exact) mass is 251 g/mol. The lowest BCUT2D eigenvalue weighted by Crippen LogP contribution is -2.05. The van der Waals surface area contributed by atoms with Crippen LogP contribution in [0.25, 0.3) is 11.0 Å². The van der Waals surface area contributed by atoms with E-state index in [2.05, 4.69) is 46.1 Å². The largest absolute Gasteiger partial charge is 0.345 e. The van der Waals surface area contributed by atoms with Gasteiger partial charge >= 0.3 is 0 Å². The summed E-state index contributed by atoms with van der Waals surface area (Å²) in [6.07, 6.45) is 5.68. The van der Waals surface area contributed by atoms with Crippen LogP contribution in [0, 0.1) is 5.92 Å². The molecule has 0 fully saturated rings. The van der Waals surface area contributed by atoms with Crippen LogP contribution in [0.3, 0.4) is 0 Å². The summed E-state index contributed by atoms with van der Waals surface area (Å²) in [5.41, 5.74) is 4.65. The molecule has 2 heterocycles. The van der Waals surface area contributed by atoms with E-state index in [9.17, 15) is 0 Å². The summed E-state index contributed by atoms with van der Waals surface area (Å²) >= 11 is 0. The third kappa shape index (κ3) is 2.81. The summed E-state index contributed by atoms with van der Waals surface area (Å²) in [6.45, 7) is 2.27. The second-order valence-corrected chi connectivity index (χ2v) is 5.09. The quantitative estimate of drug-likeness (QED) is 0.772. The number of fused-ring (bicyclic) bond motifs is 1. The topological polar surface area (TPSA) is 41.6 Å². The molecular formula is C16H17N3. The van der Waals surface area contributed by atoms with Crippen LogP contribution in [0.2, 0.25) is 0 Å². The number of nitrogens with one attached hydrogen (secondary N) is 1. The molecule has 96 valence electrons. The van der Waals surface area contributed by atoms with Gasteiger partial charge in [-0.2, -0.15) is 0 Å². The first-order valence-electron chi connectivity index (χ1n) is 6.63. The SMILES string of the molecule is CC(Cc1ccc2nc[nH]c2c1)Cc1ccccn1. The second-order valence-electron chi connectivity index (χ2n) is 5.09. The van der Waals surface area contributed by atoms with Gasteiger partial charge in [0.15, 0.2) is 0 Å². The maximum Gasteiger partial charge on any atom is 0.0931 e. The number of pyridine rings is 1. The van der Waals surface area contributed by atoms with Gasteiger partial charge in [-0.15, -0.1) is 0 Å². The summed E-state index contributed by atoms with van der Waals surface area (Å²) < 4.78 is 0. The van der Waals surface area contributed by atoms with Crippen molar-refractivity contribution in [1.82, 2.24) is 15.0 Å². The number of hydrogen-bond acceptors (Lipinski definition) is 2. The molecule has 3 nitrogen and oxygen atoms in total. The first-order valence-corrected chi connectivity index (χ1v) is 6.63. The molecule has 0 aliphatic rings. The van der Waals surface area contributed by atoms with Crippen LogP contribution in [-0.2, 0) is 12.8 Å². The normalized spacial score (nSPS) is 12.7. The molecule has 19 heavy (non-hydrogen) atoms. The first kappa shape index (κ1) is 11.9. The van der Waals surface area contributed by atoms with E-state index >= 15 is 0 Å². The Morgan fingerprint density at radius 2 is 2.05 bits per heavy atom. The predicted octanol–water partition coefficient (Wildman–Crippen LogP) is 3.38. The number of hydrogen-bond donors (Lipinski definition) is 1. The molecule has 0 spiro atoms. The Bertz CT molecular complexity index is 658. The standard InChI is InChI=1S/C16H17N3/c1-12(9-14-4-2-3-7-17-14)8-13-5-6-15-16(10-13)19-11-18-15/h2-7,10-12H,8-9H2,1H3,(H,18,19). The molecule has 0 amide bonds. The molecule has 0 bridgehead atoms. The van der Waals surface area contributed by atoms with Crippen molar-refractivity contribution in [1.29, 1.82) is 0 Å². The average molecular weight is 251 g/mol. The maximum absolute atomic E-state index is 4.39. The molecule has 0 aliphatic heterocycles. The van der Waals surface area contributed by atoms with Crippen molar-refractivity contribution in [2.45, 2.75) is 19.8 Å². The van der Waals surface area contributed by atoms with Gasteiger partial charge in [-0.1, -0.05) is 19.1 Å². The summed E-state index contributed by atoms with van der Waals surface area (Å²) in [6, 6.07) is 12.5. The van der Waals surface area contributed by atoms with Crippen molar-refractivity contribution in [2.75, 3.05) is 0 Å². The number of rotatable bonds is 4. The van der Waals surface area contributed by atoms with Gasteiger partial charge in [-0.3, -0.25) is 4.98 Å². The lowest BCUT2D eigenvalue weighted by molar-refractivity contribution is 0.569. The van der Waals surface area contributed by atoms with E-state index in [1.807, 2.05) is 18.3 Å². The minimum absolute atomic E-state index is 0.579. The first-order chi connectivity index (χ1) is 9.31. The van der Waals surface area contributed by atoms with Crippen molar-refractivity contribution >= 4 is 11.0 Å². The van der Waals surface area contributed by atoms with E-state index in [0.717, 1.165) is 29.6 Å². The van der Waals surface area contributed by atoms with E-state index in [1.165, 1.54) is 5.56 Å². The van der Waals surface area contributed by atoms with Crippen molar-refractivity contribution in [3.05, 3.63) is 60.2 Å². The summed E-state index contributed by atoms with van der Waals surface area (Å²) in [5, 5.41) is 0. The number of nitrogens with zero attached hydrogens (tertiary/aromatic N) is 2. The third-order valence-electron chi connectivity index (χ3n) is 3.35. The van der Waals surface area contributed by atoms with E-state index in [0.29, 0.717) is 5.92 Å². The average Bonchev–Trinajstić information content (AvgIpc) is 2.87. The van der Waals surface area contributed by atoms with Gasteiger partial charge in [0.1, 0.15) is 0 Å². The highest BCUT2D eigenvalue weighted by Gasteiger charge is 2.07. The summed E-state index contributed by atoms with van der Waals surface area (Å²) in [5.74, 6) is 0.579. The minimum atomic E-state index is 0.579. The Balaban J connectivity index is 1.70. The predicted molar refractivity (Wildman–Crippen MR) is 76.9 cm³/mol. The zero-order valence-electron chi connectivity index (χ0n) is 11.0. The van der Waals surface area contributed by atoms with Gasteiger partial charge in [0.25, 0.3) is 0 Å². The van der Waals surface area contributed by atoms with Gasteiger partial charge in [0, 0.05) is 11.9 Å². The molecule has 2 aromatic heterocycles. The molecule has 3 aromatic rings. The Morgan fingerprint density at radius 3 is 2.89 bits per heavy atom.